The monoisotopic (exact) mass is 324 g/mol. The molecule has 5 heteroatoms. The van der Waals surface area contributed by atoms with Gasteiger partial charge in [-0.15, -0.1) is 0 Å². The first-order valence-electron chi connectivity index (χ1n) is 7.99. The van der Waals surface area contributed by atoms with Crippen molar-refractivity contribution < 1.29 is 14.3 Å². The van der Waals surface area contributed by atoms with Crippen molar-refractivity contribution in [1.82, 2.24) is 0 Å². The van der Waals surface area contributed by atoms with Crippen LogP contribution in [0.4, 0.5) is 11.4 Å². The molecule has 2 aromatic rings. The molecule has 0 atom stereocenters. The number of nitrogens with one attached hydrogen (secondary N) is 1. The number of carbonyl (C=O) groups excluding carboxylic acids is 2. The number of para-hydroxylation sites is 2. The minimum atomic E-state index is -0.112. The first-order valence-corrected chi connectivity index (χ1v) is 7.99. The summed E-state index contributed by atoms with van der Waals surface area (Å²) in [5.74, 6) is 0.753. The summed E-state index contributed by atoms with van der Waals surface area (Å²) < 4.78 is 5.11. The molecule has 124 valence electrons. The van der Waals surface area contributed by atoms with E-state index in [-0.39, 0.29) is 18.2 Å². The third-order valence-electron chi connectivity index (χ3n) is 4.07. The molecular weight excluding hydrogens is 304 g/mol. The molecule has 24 heavy (non-hydrogen) atoms. The van der Waals surface area contributed by atoms with Crippen LogP contribution < -0.4 is 15.0 Å². The van der Waals surface area contributed by atoms with Crippen LogP contribution in [0.15, 0.2) is 48.5 Å². The number of methoxy groups -OCH3 is 1. The molecule has 1 N–H and O–H groups in total. The second-order valence-electron chi connectivity index (χ2n) is 5.74. The third kappa shape index (κ3) is 3.56. The highest BCUT2D eigenvalue weighted by atomic mass is 16.5. The Morgan fingerprint density at radius 1 is 1.17 bits per heavy atom. The Balaban J connectivity index is 1.71. The number of hydrogen-bond donors (Lipinski definition) is 1. The van der Waals surface area contributed by atoms with E-state index in [4.69, 9.17) is 4.74 Å². The van der Waals surface area contributed by atoms with Crippen molar-refractivity contribution in [3.8, 4) is 5.75 Å². The Labute approximate surface area is 141 Å². The van der Waals surface area contributed by atoms with Crippen molar-refractivity contribution in [3.63, 3.8) is 0 Å². The summed E-state index contributed by atoms with van der Waals surface area (Å²) in [6.45, 7) is 0.699. The van der Waals surface area contributed by atoms with Crippen molar-refractivity contribution in [2.24, 2.45) is 0 Å². The zero-order valence-electron chi connectivity index (χ0n) is 13.6. The summed E-state index contributed by atoms with van der Waals surface area (Å²) in [5, 5.41) is 2.92. The molecule has 1 saturated heterocycles. The van der Waals surface area contributed by atoms with Gasteiger partial charge in [-0.3, -0.25) is 9.59 Å². The van der Waals surface area contributed by atoms with Gasteiger partial charge in [0.25, 0.3) is 0 Å². The van der Waals surface area contributed by atoms with Gasteiger partial charge in [-0.2, -0.15) is 0 Å². The van der Waals surface area contributed by atoms with E-state index in [0.29, 0.717) is 18.7 Å². The maximum Gasteiger partial charge on any atom is 0.228 e. The Morgan fingerprint density at radius 3 is 2.58 bits per heavy atom. The van der Waals surface area contributed by atoms with Gasteiger partial charge >= 0.3 is 0 Å². The fourth-order valence-electron chi connectivity index (χ4n) is 2.84. The lowest BCUT2D eigenvalue weighted by atomic mass is 10.1. The van der Waals surface area contributed by atoms with E-state index in [2.05, 4.69) is 5.32 Å². The van der Waals surface area contributed by atoms with Crippen LogP contribution >= 0.6 is 0 Å². The summed E-state index contributed by atoms with van der Waals surface area (Å²) in [7, 11) is 1.61. The van der Waals surface area contributed by atoms with Crippen molar-refractivity contribution in [2.75, 3.05) is 23.9 Å². The third-order valence-corrected chi connectivity index (χ3v) is 4.07. The van der Waals surface area contributed by atoms with Gasteiger partial charge in [-0.1, -0.05) is 24.3 Å². The number of hydrogen-bond acceptors (Lipinski definition) is 3. The van der Waals surface area contributed by atoms with E-state index < -0.39 is 0 Å². The van der Waals surface area contributed by atoms with Gasteiger partial charge < -0.3 is 15.0 Å². The largest absolute Gasteiger partial charge is 0.497 e. The van der Waals surface area contributed by atoms with Crippen LogP contribution in [0.3, 0.4) is 0 Å². The number of benzene rings is 2. The standard InChI is InChI=1S/C19H20N2O3/c1-24-15-10-8-14(9-11-15)13-18(22)20-16-5-2-3-6-17(16)21-12-4-7-19(21)23/h2-3,5-6,8-11H,4,7,12-13H2,1H3,(H,20,22). The molecule has 1 aliphatic heterocycles. The lowest BCUT2D eigenvalue weighted by molar-refractivity contribution is -0.117. The highest BCUT2D eigenvalue weighted by Gasteiger charge is 2.24. The molecule has 0 bridgehead atoms. The number of anilines is 2. The Bertz CT molecular complexity index is 741. The van der Waals surface area contributed by atoms with E-state index >= 15 is 0 Å². The van der Waals surface area contributed by atoms with E-state index in [1.807, 2.05) is 48.5 Å². The maximum absolute atomic E-state index is 12.3. The Kier molecular flexibility index (Phi) is 4.79. The van der Waals surface area contributed by atoms with Crippen LogP contribution in [-0.2, 0) is 16.0 Å². The van der Waals surface area contributed by atoms with E-state index in [1.54, 1.807) is 12.0 Å². The molecule has 0 aromatic heterocycles. The quantitative estimate of drug-likeness (QED) is 0.920. The topological polar surface area (TPSA) is 58.6 Å². The Morgan fingerprint density at radius 2 is 1.92 bits per heavy atom. The van der Waals surface area contributed by atoms with Crippen LogP contribution in [0.25, 0.3) is 0 Å². The van der Waals surface area contributed by atoms with Crippen LogP contribution in [0, 0.1) is 0 Å². The fourth-order valence-corrected chi connectivity index (χ4v) is 2.84. The van der Waals surface area contributed by atoms with Gasteiger partial charge in [0.15, 0.2) is 0 Å². The normalized spacial score (nSPS) is 13.9. The molecule has 0 spiro atoms. The molecule has 1 fully saturated rings. The lowest BCUT2D eigenvalue weighted by Gasteiger charge is -2.20. The minimum Gasteiger partial charge on any atom is -0.497 e. The zero-order chi connectivity index (χ0) is 16.9. The van der Waals surface area contributed by atoms with Gasteiger partial charge in [0.05, 0.1) is 24.9 Å². The van der Waals surface area contributed by atoms with Gasteiger partial charge in [-0.05, 0) is 36.2 Å². The molecule has 0 aliphatic carbocycles. The van der Waals surface area contributed by atoms with Crippen molar-refractivity contribution in [3.05, 3.63) is 54.1 Å². The number of carbonyl (C=O) groups is 2. The predicted octanol–water partition coefficient (Wildman–Crippen LogP) is 3.00. The SMILES string of the molecule is COc1ccc(CC(=O)Nc2ccccc2N2CCCC2=O)cc1. The molecule has 2 aromatic carbocycles. The number of amides is 2. The molecule has 0 radical (unpaired) electrons. The average Bonchev–Trinajstić information content (AvgIpc) is 3.02. The lowest BCUT2D eigenvalue weighted by Crippen LogP contribution is -2.25. The molecule has 0 saturated carbocycles. The smallest absolute Gasteiger partial charge is 0.228 e. The fraction of sp³-hybridized carbons (Fsp3) is 0.263. The minimum absolute atomic E-state index is 0.104. The molecule has 1 aliphatic rings. The summed E-state index contributed by atoms with van der Waals surface area (Å²) in [6.07, 6.45) is 1.69. The summed E-state index contributed by atoms with van der Waals surface area (Å²) in [5.41, 5.74) is 2.34. The zero-order valence-corrected chi connectivity index (χ0v) is 13.6. The number of ether oxygens (including phenoxy) is 1. The molecule has 1 heterocycles. The van der Waals surface area contributed by atoms with Crippen LogP contribution in [-0.4, -0.2) is 25.5 Å². The van der Waals surface area contributed by atoms with Gasteiger partial charge in [0.2, 0.25) is 11.8 Å². The van der Waals surface area contributed by atoms with Gasteiger partial charge in [0.1, 0.15) is 5.75 Å². The highest BCUT2D eigenvalue weighted by molar-refractivity contribution is 6.02. The first-order chi connectivity index (χ1) is 11.7. The summed E-state index contributed by atoms with van der Waals surface area (Å²) in [4.78, 5) is 26.0. The van der Waals surface area contributed by atoms with Crippen LogP contribution in [0.1, 0.15) is 18.4 Å². The predicted molar refractivity (Wildman–Crippen MR) is 93.4 cm³/mol. The molecule has 3 rings (SSSR count). The van der Waals surface area contributed by atoms with Crippen LogP contribution in [0.5, 0.6) is 5.75 Å². The number of nitrogens with zero attached hydrogens (tertiary/aromatic N) is 1. The Hall–Kier alpha value is -2.82. The van der Waals surface area contributed by atoms with Crippen LogP contribution in [0.2, 0.25) is 0 Å². The van der Waals surface area contributed by atoms with E-state index in [1.165, 1.54) is 0 Å². The second kappa shape index (κ2) is 7.17. The molecular formula is C19H20N2O3. The molecule has 2 amide bonds. The van der Waals surface area contributed by atoms with Gasteiger partial charge in [0, 0.05) is 13.0 Å². The summed E-state index contributed by atoms with van der Waals surface area (Å²) in [6, 6.07) is 14.8. The maximum atomic E-state index is 12.3. The van der Waals surface area contributed by atoms with Gasteiger partial charge in [-0.25, -0.2) is 0 Å². The van der Waals surface area contributed by atoms with Crippen molar-refractivity contribution in [2.45, 2.75) is 19.3 Å². The average molecular weight is 324 g/mol. The number of rotatable bonds is 5. The van der Waals surface area contributed by atoms with Crippen molar-refractivity contribution >= 4 is 23.2 Å². The van der Waals surface area contributed by atoms with Crippen molar-refractivity contribution in [1.29, 1.82) is 0 Å². The molecule has 0 unspecified atom stereocenters. The molecule has 5 nitrogen and oxygen atoms in total. The summed E-state index contributed by atoms with van der Waals surface area (Å²) >= 11 is 0. The first kappa shape index (κ1) is 16.1. The highest BCUT2D eigenvalue weighted by Crippen LogP contribution is 2.29. The van der Waals surface area contributed by atoms with E-state index in [0.717, 1.165) is 23.4 Å². The van der Waals surface area contributed by atoms with E-state index in [9.17, 15) is 9.59 Å². The second-order valence-corrected chi connectivity index (χ2v) is 5.74.